The number of hydrogen-bond donors (Lipinski definition) is 4. The number of nitrogens with one attached hydrogen (secondary N) is 4. The van der Waals surface area contributed by atoms with E-state index >= 15 is 0 Å². The maximum absolute atomic E-state index is 13.4. The fraction of sp³-hybridized carbons (Fsp3) is 0.130. The van der Waals surface area contributed by atoms with Crippen molar-refractivity contribution in [1.29, 1.82) is 0 Å². The van der Waals surface area contributed by atoms with Crippen LogP contribution in [0.5, 0.6) is 0 Å². The maximum atomic E-state index is 13.4. The fourth-order valence-corrected chi connectivity index (χ4v) is 23.1. The van der Waals surface area contributed by atoms with Gasteiger partial charge in [-0.05, 0) is 248 Å². The smallest absolute Gasteiger partial charge is 0.325 e. The Kier molecular flexibility index (Phi) is 31.2. The molecule has 4 N–H and O–H groups in total. The summed E-state index contributed by atoms with van der Waals surface area (Å²) >= 11 is 30.6. The highest BCUT2D eigenvalue weighted by atomic mass is 79.9. The van der Waals surface area contributed by atoms with Crippen LogP contribution in [0.3, 0.4) is 0 Å². The zero-order valence-corrected chi connectivity index (χ0v) is 80.1. The van der Waals surface area contributed by atoms with E-state index < -0.39 is 228 Å². The van der Waals surface area contributed by atoms with Gasteiger partial charge in [-0.2, -0.15) is 52.7 Å². The number of rotatable bonds is 16. The van der Waals surface area contributed by atoms with E-state index in [0.29, 0.717) is 39.0 Å². The molecule has 0 radical (unpaired) electrons. The van der Waals surface area contributed by atoms with Gasteiger partial charge in [-0.1, -0.05) is 129 Å². The minimum Gasteiger partial charge on any atom is -0.325 e. The largest absolute Gasteiger partial charge is 0.418 e. The molecule has 0 saturated heterocycles. The summed E-state index contributed by atoms with van der Waals surface area (Å²) in [5.41, 5.74) is -6.79. The molecule has 0 aromatic heterocycles. The van der Waals surface area contributed by atoms with Gasteiger partial charge >= 0.3 is 24.7 Å². The van der Waals surface area contributed by atoms with E-state index in [2.05, 4.69) is 47.8 Å². The summed E-state index contributed by atoms with van der Waals surface area (Å²) in [7, 11) is -17.7. The highest BCUT2D eigenvalue weighted by Crippen LogP contribution is 2.47. The fourth-order valence-electron chi connectivity index (χ4n) is 14.7. The monoisotopic (exact) mass is 2260 g/mol. The van der Waals surface area contributed by atoms with Gasteiger partial charge in [0.15, 0.2) is 0 Å². The van der Waals surface area contributed by atoms with Crippen LogP contribution in [-0.4, -0.2) is 98.1 Å². The third-order valence-corrected chi connectivity index (χ3v) is 30.7. The maximum Gasteiger partial charge on any atom is 0.418 e. The summed E-state index contributed by atoms with van der Waals surface area (Å²) < 4.78 is 321. The lowest BCUT2D eigenvalue weighted by Gasteiger charge is -2.33. The van der Waals surface area contributed by atoms with Crippen molar-refractivity contribution >= 4 is 188 Å². The lowest BCUT2D eigenvalue weighted by molar-refractivity contribution is -0.144. The number of halogens is 22. The van der Waals surface area contributed by atoms with Gasteiger partial charge in [0.1, 0.15) is 46.9 Å². The van der Waals surface area contributed by atoms with Crippen molar-refractivity contribution in [3.63, 3.8) is 0 Å². The van der Waals surface area contributed by atoms with Crippen LogP contribution in [0.2, 0.25) is 20.1 Å². The van der Waals surface area contributed by atoms with Crippen molar-refractivity contribution in [1.82, 2.24) is 17.2 Å². The Morgan fingerprint density at radius 1 is 0.296 bits per heavy atom. The molecular formula is C92H58Br2Cl4F16N8O16S4. The topological polar surface area (TPSA) is 334 Å². The molecule has 16 rings (SSSR count). The first-order valence-corrected chi connectivity index (χ1v) is 48.9. The van der Waals surface area contributed by atoms with E-state index in [9.17, 15) is 142 Å². The molecule has 4 atom stereocenters. The Bertz CT molecular complexity index is 7550. The van der Waals surface area contributed by atoms with Gasteiger partial charge in [0.2, 0.25) is 23.6 Å². The standard InChI is InChI=1S/C24H14ClF7N2O4S.2C23H15ClF4N2O4S.C22H14Br2ClFN2O4S/c25-15-3-6-19-18(10-15)20(22(36)34(39(19,37)38)11-12-1-4-16(26)5-2-12)21(35)33-17-8-13(23(27,28)29)7-14(9-17)24(30,31)32;24-15-6-9-19-18(11-15)20(21(31)29-17-3-1-2-14(10-17)23(26,27)28)22(32)30(35(19,33)34)12-13-4-7-16(25)8-5-13;24-14-7-10-19-16(11-14)20(21(31)29-18-4-2-1-3-17(18)23(26,27)28)22(32)30(35(19,33)34)12-13-5-8-15(25)9-6-13;23-13-3-7-18(17(24)9-13)27-21(29)20-16-10-14(25)4-8-19(16)33(31,32)28(22(20)30)11-12-1-5-15(26)6-2-12/h1-10,20H,11H2,(H,33,35);2*1-11,20H,12H2,(H,29,31);1-10,20H,11H2,(H,27,29). The molecule has 24 nitrogen and oxygen atoms in total. The predicted molar refractivity (Wildman–Crippen MR) is 489 cm³/mol. The zero-order chi connectivity index (χ0) is 104. The van der Waals surface area contributed by atoms with Gasteiger partial charge < -0.3 is 21.3 Å². The molecule has 142 heavy (non-hydrogen) atoms. The van der Waals surface area contributed by atoms with Crippen LogP contribution in [-0.2, 0) is 129 Å². The number of carbonyl (C=O) groups is 8. The Morgan fingerprint density at radius 2 is 0.577 bits per heavy atom. The normalized spacial score (nSPS) is 17.1. The third-order valence-electron chi connectivity index (χ3n) is 21.4. The molecular weight excluding hydrogens is 2210 g/mol. The summed E-state index contributed by atoms with van der Waals surface area (Å²) in [6, 6.07) is 46.4. The molecule has 4 aliphatic heterocycles. The highest BCUT2D eigenvalue weighted by Gasteiger charge is 2.53. The molecule has 12 aromatic rings. The summed E-state index contributed by atoms with van der Waals surface area (Å²) in [6.45, 7) is -2.01. The van der Waals surface area contributed by atoms with Gasteiger partial charge in [-0.15, -0.1) is 0 Å². The number of hydrogen-bond acceptors (Lipinski definition) is 16. The lowest BCUT2D eigenvalue weighted by atomic mass is 9.96. The summed E-state index contributed by atoms with van der Waals surface area (Å²) in [5.74, 6) is -18.3. The van der Waals surface area contributed by atoms with Gasteiger partial charge in [-0.25, -0.2) is 68.5 Å². The van der Waals surface area contributed by atoms with Crippen LogP contribution in [0, 0.1) is 23.3 Å². The van der Waals surface area contributed by atoms with Crippen LogP contribution in [0.25, 0.3) is 0 Å². The molecule has 0 bridgehead atoms. The third kappa shape index (κ3) is 23.6. The van der Waals surface area contributed by atoms with E-state index in [1.165, 1.54) is 103 Å². The van der Waals surface area contributed by atoms with Crippen LogP contribution < -0.4 is 21.3 Å². The molecule has 0 saturated carbocycles. The van der Waals surface area contributed by atoms with Crippen molar-refractivity contribution in [2.75, 3.05) is 21.3 Å². The van der Waals surface area contributed by atoms with Crippen molar-refractivity contribution in [3.8, 4) is 0 Å². The van der Waals surface area contributed by atoms with Gasteiger partial charge in [0.25, 0.3) is 63.7 Å². The summed E-state index contributed by atoms with van der Waals surface area (Å²) in [5, 5.41) is 9.07. The van der Waals surface area contributed by atoms with E-state index in [0.717, 1.165) is 114 Å². The zero-order valence-electron chi connectivity index (χ0n) is 70.7. The highest BCUT2D eigenvalue weighted by molar-refractivity contribution is 9.11. The van der Waals surface area contributed by atoms with Crippen molar-refractivity contribution < 1.29 is 142 Å². The molecule has 740 valence electrons. The number of para-hydroxylation sites is 1. The minimum absolute atomic E-state index is 0.00593. The van der Waals surface area contributed by atoms with Crippen LogP contribution in [0.15, 0.2) is 283 Å². The Labute approximate surface area is 831 Å². The summed E-state index contributed by atoms with van der Waals surface area (Å²) in [4.78, 5) is 105. The Morgan fingerprint density at radius 3 is 0.873 bits per heavy atom. The van der Waals surface area contributed by atoms with Crippen LogP contribution in [0.1, 0.15) is 90.4 Å². The molecule has 4 heterocycles. The molecule has 8 amide bonds. The second-order valence-electron chi connectivity index (χ2n) is 30.9. The average molecular weight is 2270 g/mol. The SMILES string of the molecule is O=C(Nc1cc(C(F)(F)F)cc(C(F)(F)F)c1)C1C(=O)N(Cc2ccc(F)cc2)S(=O)(=O)c2ccc(Cl)cc21.O=C(Nc1ccc(Br)cc1Br)C1C(=O)N(Cc2ccc(F)cc2)S(=O)(=O)c2ccc(Cl)cc21.O=C(Nc1cccc(C(F)(F)F)c1)C1C(=O)N(Cc2ccc(F)cc2)S(=O)(=O)c2ccc(Cl)cc21.O=C(Nc1ccccc1C(F)(F)F)C1C(=O)N(Cc2ccc(F)cc2)S(=O)(=O)c2ccc(Cl)cc21. The van der Waals surface area contributed by atoms with Crippen molar-refractivity contribution in [2.45, 2.75) is 94.1 Å². The van der Waals surface area contributed by atoms with E-state index in [-0.39, 0.29) is 93.7 Å². The molecule has 4 aliphatic rings. The number of nitrogens with zero attached hydrogens (tertiary/aromatic N) is 4. The quantitative estimate of drug-likeness (QED) is 0.0516. The van der Waals surface area contributed by atoms with Gasteiger partial charge in [0.05, 0.1) is 79.4 Å². The number of alkyl halides is 12. The van der Waals surface area contributed by atoms with Crippen LogP contribution in [0.4, 0.5) is 93.0 Å². The number of anilines is 4. The van der Waals surface area contributed by atoms with E-state index in [4.69, 9.17) is 46.4 Å². The molecule has 50 heteroatoms. The average Bonchev–Trinajstić information content (AvgIpc) is 0.743. The van der Waals surface area contributed by atoms with Gasteiger partial charge in [-0.3, -0.25) is 38.4 Å². The second-order valence-corrected chi connectivity index (χ2v) is 41.7. The number of fused-ring (bicyclic) bond motifs is 4. The molecule has 0 aliphatic carbocycles. The lowest BCUT2D eigenvalue weighted by Crippen LogP contribution is -2.47. The first-order chi connectivity index (χ1) is 66.3. The number of amides is 8. The number of carbonyl (C=O) groups excluding carboxylic acids is 8. The first-order valence-electron chi connectivity index (χ1n) is 40.1. The second kappa shape index (κ2) is 41.6. The van der Waals surface area contributed by atoms with Crippen molar-refractivity contribution in [2.24, 2.45) is 0 Å². The molecule has 0 spiro atoms. The Balaban J connectivity index is 0.000000159. The van der Waals surface area contributed by atoms with Gasteiger partial charge in [0, 0.05) is 40.4 Å². The first kappa shape index (κ1) is 107. The molecule has 12 aromatic carbocycles. The molecule has 4 unspecified atom stereocenters. The van der Waals surface area contributed by atoms with E-state index in [1.54, 1.807) is 18.2 Å². The van der Waals surface area contributed by atoms with Crippen molar-refractivity contribution in [3.05, 3.63) is 374 Å². The number of benzene rings is 12. The van der Waals surface area contributed by atoms with E-state index in [1.807, 2.05) is 5.32 Å². The minimum atomic E-state index is -5.21. The van der Waals surface area contributed by atoms with Crippen LogP contribution >= 0.6 is 78.3 Å². The molecule has 0 fully saturated rings. The summed E-state index contributed by atoms with van der Waals surface area (Å²) in [6.07, 6.45) is -19.9. The Hall–Kier alpha value is -12.8. The predicted octanol–water partition coefficient (Wildman–Crippen LogP) is 21.3. The number of sulfonamides is 4.